The van der Waals surface area contributed by atoms with Crippen molar-refractivity contribution in [1.29, 1.82) is 0 Å². The number of rotatable bonds is 0. The summed E-state index contributed by atoms with van der Waals surface area (Å²) < 4.78 is 0. The summed E-state index contributed by atoms with van der Waals surface area (Å²) in [7, 11) is 0. The normalized spacial score (nSPS) is 26.5. The topological polar surface area (TPSA) is 0 Å². The lowest BCUT2D eigenvalue weighted by molar-refractivity contribution is 0.547. The van der Waals surface area contributed by atoms with Gasteiger partial charge in [0.05, 0.1) is 0 Å². The highest BCUT2D eigenvalue weighted by Crippen LogP contribution is 2.12. The zero-order chi connectivity index (χ0) is 13.4. The molecule has 0 saturated heterocycles. The number of hydrogen-bond donors (Lipinski definition) is 0. The monoisotopic (exact) mass is 259 g/mol. The zero-order valence-corrected chi connectivity index (χ0v) is 12.6. The van der Waals surface area contributed by atoms with Gasteiger partial charge in [-0.3, -0.25) is 0 Å². The van der Waals surface area contributed by atoms with Crippen LogP contribution in [-0.2, 0) is 0 Å². The molecule has 1 aliphatic rings. The molecule has 0 unspecified atom stereocenters. The van der Waals surface area contributed by atoms with Crippen LogP contribution < -0.4 is 0 Å². The lowest BCUT2D eigenvalue weighted by Crippen LogP contribution is -1.82. The van der Waals surface area contributed by atoms with E-state index in [9.17, 15) is 0 Å². The highest BCUT2D eigenvalue weighted by atomic mass is 14.0. The van der Waals surface area contributed by atoms with Crippen LogP contribution in [-0.4, -0.2) is 0 Å². The Hall–Kier alpha value is -0.780. The summed E-state index contributed by atoms with van der Waals surface area (Å²) in [6, 6.07) is 0. The quantitative estimate of drug-likeness (QED) is 0.463. The van der Waals surface area contributed by atoms with Crippen molar-refractivity contribution < 1.29 is 0 Å². The third-order valence-corrected chi connectivity index (χ3v) is 3.76. The molecular weight excluding hydrogens is 228 g/mol. The molecule has 19 heavy (non-hydrogen) atoms. The van der Waals surface area contributed by atoms with Crippen molar-refractivity contribution in [2.75, 3.05) is 0 Å². The van der Waals surface area contributed by atoms with Crippen molar-refractivity contribution in [2.24, 2.45) is 0 Å². The molecule has 1 rings (SSSR count). The van der Waals surface area contributed by atoms with E-state index in [4.69, 9.17) is 0 Å². The van der Waals surface area contributed by atoms with E-state index in [1.54, 1.807) is 0 Å². The van der Waals surface area contributed by atoms with Gasteiger partial charge in [0.1, 0.15) is 0 Å². The molecule has 0 aliphatic heterocycles. The number of allylic oxidation sites excluding steroid dienone is 6. The Labute approximate surface area is 120 Å². The zero-order valence-electron chi connectivity index (χ0n) is 12.6. The Morgan fingerprint density at radius 2 is 1.11 bits per heavy atom. The fourth-order valence-corrected chi connectivity index (χ4v) is 2.53. The third-order valence-electron chi connectivity index (χ3n) is 3.76. The Kier molecular flexibility index (Phi) is 11.7. The molecule has 1 aliphatic carbocycles. The van der Waals surface area contributed by atoms with Gasteiger partial charge in [-0.15, -0.1) is 0 Å². The minimum absolute atomic E-state index is 1.12. The average Bonchev–Trinajstić information content (AvgIpc) is 2.43. The van der Waals surface area contributed by atoms with Crippen LogP contribution in [0.3, 0.4) is 0 Å². The van der Waals surface area contributed by atoms with Crippen LogP contribution in [0, 0.1) is 6.08 Å². The molecule has 0 bridgehead atoms. The van der Waals surface area contributed by atoms with Gasteiger partial charge in [-0.1, -0.05) is 88.2 Å². The van der Waals surface area contributed by atoms with E-state index >= 15 is 0 Å². The van der Waals surface area contributed by atoms with E-state index in [-0.39, 0.29) is 0 Å². The third kappa shape index (κ3) is 12.0. The molecule has 0 spiro atoms. The largest absolute Gasteiger partial charge is 0.0845 e. The highest BCUT2D eigenvalue weighted by molar-refractivity contribution is 5.09. The molecule has 107 valence electrons. The first-order valence-electron chi connectivity index (χ1n) is 8.38. The first-order valence-corrected chi connectivity index (χ1v) is 8.38. The molecule has 0 nitrogen and oxygen atoms in total. The Bertz CT molecular complexity index is 231. The summed E-state index contributed by atoms with van der Waals surface area (Å²) >= 11 is 0. The predicted octanol–water partition coefficient (Wildman–Crippen LogP) is 6.54. The highest BCUT2D eigenvalue weighted by Gasteiger charge is 1.93. The van der Waals surface area contributed by atoms with Crippen LogP contribution in [0.1, 0.15) is 83.5 Å². The Morgan fingerprint density at radius 1 is 0.526 bits per heavy atom. The van der Waals surface area contributed by atoms with Crippen LogP contribution in [0.5, 0.6) is 0 Å². The first-order chi connectivity index (χ1) is 9.50. The van der Waals surface area contributed by atoms with Gasteiger partial charge < -0.3 is 0 Å². The average molecular weight is 259 g/mol. The van der Waals surface area contributed by atoms with Crippen molar-refractivity contribution in [2.45, 2.75) is 83.5 Å². The fraction of sp³-hybridized carbons (Fsp3) is 0.684. The maximum Gasteiger partial charge on any atom is -0.0276 e. The molecule has 0 heterocycles. The van der Waals surface area contributed by atoms with Crippen molar-refractivity contribution in [3.8, 4) is 0 Å². The van der Waals surface area contributed by atoms with Crippen molar-refractivity contribution >= 4 is 0 Å². The molecule has 0 fully saturated rings. The van der Waals surface area contributed by atoms with Gasteiger partial charge in [-0.25, -0.2) is 0 Å². The fourth-order valence-electron chi connectivity index (χ4n) is 2.53. The van der Waals surface area contributed by atoms with Gasteiger partial charge in [-0.2, -0.15) is 0 Å². The standard InChI is InChI=1S/C19H31/c1-2-4-6-8-10-12-14-16-18-19-17-15-13-11-9-7-5-3-1/h1-5H,6,8-19H2/b3-1-,4-2-,7-5?. The van der Waals surface area contributed by atoms with E-state index in [0.717, 1.165) is 6.42 Å². The van der Waals surface area contributed by atoms with Crippen LogP contribution in [0.15, 0.2) is 30.4 Å². The van der Waals surface area contributed by atoms with E-state index in [2.05, 4.69) is 36.5 Å². The van der Waals surface area contributed by atoms with E-state index in [1.165, 1.54) is 77.0 Å². The molecule has 0 aromatic rings. The van der Waals surface area contributed by atoms with Gasteiger partial charge in [0.25, 0.3) is 0 Å². The van der Waals surface area contributed by atoms with Crippen molar-refractivity contribution in [3.05, 3.63) is 36.5 Å². The maximum atomic E-state index is 3.35. The summed E-state index contributed by atoms with van der Waals surface area (Å²) in [5, 5.41) is 0. The molecule has 0 atom stereocenters. The van der Waals surface area contributed by atoms with E-state index in [0.29, 0.717) is 0 Å². The molecule has 0 aromatic heterocycles. The summed E-state index contributed by atoms with van der Waals surface area (Å²) in [5.74, 6) is 0. The van der Waals surface area contributed by atoms with Crippen LogP contribution in [0.2, 0.25) is 0 Å². The molecule has 0 heteroatoms. The lowest BCUT2D eigenvalue weighted by Gasteiger charge is -2.02. The van der Waals surface area contributed by atoms with Gasteiger partial charge >= 0.3 is 0 Å². The van der Waals surface area contributed by atoms with Crippen molar-refractivity contribution in [3.63, 3.8) is 0 Å². The van der Waals surface area contributed by atoms with Crippen LogP contribution in [0.4, 0.5) is 0 Å². The summed E-state index contributed by atoms with van der Waals surface area (Å²) in [4.78, 5) is 0. The second-order valence-corrected chi connectivity index (χ2v) is 5.61. The first kappa shape index (κ1) is 16.3. The van der Waals surface area contributed by atoms with Crippen LogP contribution >= 0.6 is 0 Å². The molecular formula is C19H31. The Morgan fingerprint density at radius 3 is 1.79 bits per heavy atom. The maximum absolute atomic E-state index is 3.35. The number of hydrogen-bond acceptors (Lipinski definition) is 0. The summed E-state index contributed by atoms with van der Waals surface area (Å²) in [6.07, 6.45) is 32.0. The molecule has 0 N–H and O–H groups in total. The molecule has 0 aromatic carbocycles. The van der Waals surface area contributed by atoms with Crippen molar-refractivity contribution in [1.82, 2.24) is 0 Å². The van der Waals surface area contributed by atoms with E-state index < -0.39 is 0 Å². The minimum Gasteiger partial charge on any atom is -0.0845 e. The minimum atomic E-state index is 1.12. The van der Waals surface area contributed by atoms with Gasteiger partial charge in [0.15, 0.2) is 0 Å². The van der Waals surface area contributed by atoms with Gasteiger partial charge in [-0.05, 0) is 31.8 Å². The lowest BCUT2D eigenvalue weighted by atomic mass is 10.0. The molecule has 1 radical (unpaired) electrons. The van der Waals surface area contributed by atoms with Gasteiger partial charge in [0.2, 0.25) is 0 Å². The summed E-state index contributed by atoms with van der Waals surface area (Å²) in [5.41, 5.74) is 0. The van der Waals surface area contributed by atoms with Gasteiger partial charge in [0, 0.05) is 0 Å². The van der Waals surface area contributed by atoms with E-state index in [1.807, 2.05) is 0 Å². The second-order valence-electron chi connectivity index (χ2n) is 5.61. The SMILES string of the molecule is [C]1=C/C=C\C=C/CCCCCCCCCCCCC\1. The van der Waals surface area contributed by atoms with Crippen LogP contribution in [0.25, 0.3) is 0 Å². The predicted molar refractivity (Wildman–Crippen MR) is 86.1 cm³/mol. The molecule has 0 saturated carbocycles. The Balaban J connectivity index is 2.19. The summed E-state index contributed by atoms with van der Waals surface area (Å²) in [6.45, 7) is 0. The smallest absolute Gasteiger partial charge is 0.0276 e. The molecule has 0 amide bonds. The second kappa shape index (κ2) is 13.6.